The van der Waals surface area contributed by atoms with Crippen molar-refractivity contribution >= 4 is 11.9 Å². The van der Waals surface area contributed by atoms with Crippen molar-refractivity contribution in [3.63, 3.8) is 0 Å². The molecule has 2 rings (SSSR count). The van der Waals surface area contributed by atoms with Crippen LogP contribution in [0.15, 0.2) is 48.5 Å². The lowest BCUT2D eigenvalue weighted by molar-refractivity contribution is -0.137. The normalized spacial score (nSPS) is 11.9. The molecule has 0 saturated heterocycles. The van der Waals surface area contributed by atoms with Crippen LogP contribution in [-0.2, 0) is 16.0 Å². The second-order valence-corrected chi connectivity index (χ2v) is 5.79. The molecule has 144 valence electrons. The minimum absolute atomic E-state index is 0.0241. The molecule has 0 bridgehead atoms. The van der Waals surface area contributed by atoms with Crippen LogP contribution in [0.3, 0.4) is 0 Å². The van der Waals surface area contributed by atoms with Crippen molar-refractivity contribution in [1.82, 2.24) is 5.32 Å². The molecule has 2 aromatic rings. The van der Waals surface area contributed by atoms with Crippen LogP contribution in [-0.4, -0.2) is 23.6 Å². The molecular weight excluding hydrogens is 363 g/mol. The summed E-state index contributed by atoms with van der Waals surface area (Å²) in [5, 5.41) is 11.6. The number of hydrogen-bond donors (Lipinski definition) is 2. The van der Waals surface area contributed by atoms with Crippen LogP contribution in [0.5, 0.6) is 5.75 Å². The Bertz CT molecular complexity index is 764. The fraction of sp³-hybridized carbons (Fsp3) is 0.263. The van der Waals surface area contributed by atoms with Crippen molar-refractivity contribution < 1.29 is 32.6 Å². The summed E-state index contributed by atoms with van der Waals surface area (Å²) in [5.74, 6) is -1.91. The Morgan fingerprint density at radius 2 is 1.67 bits per heavy atom. The molecule has 0 radical (unpaired) electrons. The van der Waals surface area contributed by atoms with Gasteiger partial charge in [0, 0.05) is 6.42 Å². The number of carboxylic acid groups (broad SMARTS) is 1. The molecule has 1 unspecified atom stereocenters. The predicted molar refractivity (Wildman–Crippen MR) is 90.9 cm³/mol. The lowest BCUT2D eigenvalue weighted by atomic mass is 10.0. The molecule has 5 nitrogen and oxygen atoms in total. The number of nitrogens with one attached hydrogen (secondary N) is 1. The first-order chi connectivity index (χ1) is 12.8. The van der Waals surface area contributed by atoms with E-state index in [-0.39, 0.29) is 24.5 Å². The summed E-state index contributed by atoms with van der Waals surface area (Å²) in [6, 6.07) is 10.3. The largest absolute Gasteiger partial charge is 0.481 e. The molecule has 27 heavy (non-hydrogen) atoms. The zero-order valence-corrected chi connectivity index (χ0v) is 14.2. The van der Waals surface area contributed by atoms with E-state index in [1.165, 1.54) is 36.4 Å². The number of aliphatic carboxylic acids is 1. The van der Waals surface area contributed by atoms with E-state index < -0.39 is 24.4 Å². The number of benzene rings is 2. The fourth-order valence-electron chi connectivity index (χ4n) is 2.48. The lowest BCUT2D eigenvalue weighted by Gasteiger charge is -2.17. The van der Waals surface area contributed by atoms with Gasteiger partial charge in [0.05, 0.1) is 12.5 Å². The average molecular weight is 381 g/mol. The van der Waals surface area contributed by atoms with Crippen LogP contribution < -0.4 is 10.1 Å². The Kier molecular flexibility index (Phi) is 7.22. The molecule has 0 aliphatic rings. The van der Waals surface area contributed by atoms with Crippen LogP contribution in [0.2, 0.25) is 0 Å². The number of alkyl halides is 2. The van der Waals surface area contributed by atoms with Gasteiger partial charge in [-0.2, -0.15) is 8.78 Å². The quantitative estimate of drug-likeness (QED) is 0.695. The molecule has 2 aromatic carbocycles. The van der Waals surface area contributed by atoms with Crippen molar-refractivity contribution in [2.24, 2.45) is 0 Å². The Morgan fingerprint density at radius 1 is 1.04 bits per heavy atom. The number of carbonyl (C=O) groups excluding carboxylic acids is 1. The van der Waals surface area contributed by atoms with Gasteiger partial charge >= 0.3 is 12.6 Å². The first kappa shape index (κ1) is 20.3. The maximum atomic E-state index is 13.0. The Hall–Kier alpha value is -3.03. The summed E-state index contributed by atoms with van der Waals surface area (Å²) >= 11 is 0. The lowest BCUT2D eigenvalue weighted by Crippen LogP contribution is -2.30. The summed E-state index contributed by atoms with van der Waals surface area (Å²) in [7, 11) is 0. The minimum atomic E-state index is -2.90. The van der Waals surface area contributed by atoms with Crippen molar-refractivity contribution in [3.05, 3.63) is 65.5 Å². The molecular formula is C19H18F3NO4. The zero-order valence-electron chi connectivity index (χ0n) is 14.2. The maximum absolute atomic E-state index is 13.0. The summed E-state index contributed by atoms with van der Waals surface area (Å²) in [4.78, 5) is 23.2. The first-order valence-electron chi connectivity index (χ1n) is 8.14. The van der Waals surface area contributed by atoms with E-state index in [0.717, 1.165) is 5.56 Å². The molecule has 1 atom stereocenters. The Labute approximate surface area is 153 Å². The van der Waals surface area contributed by atoms with Crippen molar-refractivity contribution in [2.45, 2.75) is 31.9 Å². The summed E-state index contributed by atoms with van der Waals surface area (Å²) in [6.45, 7) is -2.90. The van der Waals surface area contributed by atoms with Gasteiger partial charge in [0.2, 0.25) is 5.91 Å². The topological polar surface area (TPSA) is 75.6 Å². The van der Waals surface area contributed by atoms with E-state index in [4.69, 9.17) is 5.11 Å². The SMILES string of the molecule is O=C(O)CC(NC(=O)CCc1ccc(OC(F)F)cc1)c1ccc(F)cc1. The highest BCUT2D eigenvalue weighted by atomic mass is 19.3. The van der Waals surface area contributed by atoms with Crippen LogP contribution in [0.4, 0.5) is 13.2 Å². The van der Waals surface area contributed by atoms with Crippen molar-refractivity contribution in [3.8, 4) is 5.75 Å². The third kappa shape index (κ3) is 7.01. The van der Waals surface area contributed by atoms with Crippen LogP contribution in [0.25, 0.3) is 0 Å². The Morgan fingerprint density at radius 3 is 2.22 bits per heavy atom. The number of carbonyl (C=O) groups is 2. The number of hydrogen-bond acceptors (Lipinski definition) is 3. The molecule has 0 fully saturated rings. The number of amides is 1. The van der Waals surface area contributed by atoms with Crippen LogP contribution >= 0.6 is 0 Å². The highest BCUT2D eigenvalue weighted by molar-refractivity contribution is 5.78. The summed E-state index contributed by atoms with van der Waals surface area (Å²) in [5.41, 5.74) is 1.23. The first-order valence-corrected chi connectivity index (χ1v) is 8.14. The minimum Gasteiger partial charge on any atom is -0.481 e. The average Bonchev–Trinajstić information content (AvgIpc) is 2.60. The smallest absolute Gasteiger partial charge is 0.387 e. The maximum Gasteiger partial charge on any atom is 0.387 e. The van der Waals surface area contributed by atoms with Gasteiger partial charge in [-0.15, -0.1) is 0 Å². The van der Waals surface area contributed by atoms with Gasteiger partial charge in [0.1, 0.15) is 11.6 Å². The third-order valence-electron chi connectivity index (χ3n) is 3.78. The van der Waals surface area contributed by atoms with Crippen LogP contribution in [0, 0.1) is 5.82 Å². The van der Waals surface area contributed by atoms with Gasteiger partial charge in [0.25, 0.3) is 0 Å². The zero-order chi connectivity index (χ0) is 19.8. The highest BCUT2D eigenvalue weighted by Gasteiger charge is 2.18. The van der Waals surface area contributed by atoms with E-state index in [9.17, 15) is 22.8 Å². The van der Waals surface area contributed by atoms with Gasteiger partial charge in [0.15, 0.2) is 0 Å². The Balaban J connectivity index is 1.93. The molecule has 0 spiro atoms. The number of rotatable bonds is 9. The standard InChI is InChI=1S/C19H18F3NO4/c20-14-6-4-13(5-7-14)16(11-18(25)26)23-17(24)10-3-12-1-8-15(9-2-12)27-19(21)22/h1-2,4-9,16,19H,3,10-11H2,(H,23,24)(H,25,26). The van der Waals surface area contributed by atoms with E-state index in [1.54, 1.807) is 12.1 Å². The predicted octanol–water partition coefficient (Wildman–Crippen LogP) is 3.69. The molecule has 0 heterocycles. The van der Waals surface area contributed by atoms with E-state index in [0.29, 0.717) is 12.0 Å². The number of ether oxygens (including phenoxy) is 1. The highest BCUT2D eigenvalue weighted by Crippen LogP contribution is 2.19. The molecule has 0 aliphatic heterocycles. The molecule has 2 N–H and O–H groups in total. The third-order valence-corrected chi connectivity index (χ3v) is 3.78. The second kappa shape index (κ2) is 9.61. The summed E-state index contributed by atoms with van der Waals surface area (Å²) in [6.07, 6.45) is 0.0768. The molecule has 0 aliphatic carbocycles. The van der Waals surface area contributed by atoms with E-state index in [2.05, 4.69) is 10.1 Å². The molecule has 1 amide bonds. The molecule has 0 saturated carbocycles. The van der Waals surface area contributed by atoms with Crippen molar-refractivity contribution in [1.29, 1.82) is 0 Å². The van der Waals surface area contributed by atoms with Gasteiger partial charge in [-0.25, -0.2) is 4.39 Å². The number of carboxylic acids is 1. The van der Waals surface area contributed by atoms with Gasteiger partial charge in [-0.3, -0.25) is 9.59 Å². The monoisotopic (exact) mass is 381 g/mol. The second-order valence-electron chi connectivity index (χ2n) is 5.79. The van der Waals surface area contributed by atoms with Gasteiger partial charge in [-0.1, -0.05) is 24.3 Å². The number of halogens is 3. The summed E-state index contributed by atoms with van der Waals surface area (Å²) < 4.78 is 41.5. The number of aryl methyl sites for hydroxylation is 1. The van der Waals surface area contributed by atoms with Gasteiger partial charge < -0.3 is 15.2 Å². The van der Waals surface area contributed by atoms with E-state index in [1.807, 2.05) is 0 Å². The van der Waals surface area contributed by atoms with E-state index >= 15 is 0 Å². The fourth-order valence-corrected chi connectivity index (χ4v) is 2.48. The molecule has 8 heteroatoms. The van der Waals surface area contributed by atoms with Crippen LogP contribution in [0.1, 0.15) is 30.0 Å². The van der Waals surface area contributed by atoms with Gasteiger partial charge in [-0.05, 0) is 41.8 Å². The van der Waals surface area contributed by atoms with Crippen molar-refractivity contribution in [2.75, 3.05) is 0 Å². The molecule has 0 aromatic heterocycles.